The Labute approximate surface area is 380 Å². The standard InChI is InChI=1S/3C18H15P.CH3O5P/c3*1-4-10-16(11-5-1)19(17-12-6-2-7-13-17)18-14-8-3-9-15-18;2-1(3)7(4,5)6/h3*1-15H;(H,2,3)(H2,4,5,6). The molecule has 9 heteroatoms. The van der Waals surface area contributed by atoms with Crippen molar-refractivity contribution >= 4 is 84.8 Å². The molecular formula is C55H48O5P4. The molecule has 0 bridgehead atoms. The maximum atomic E-state index is 9.43. The van der Waals surface area contributed by atoms with E-state index in [0.29, 0.717) is 0 Å². The molecule has 0 unspecified atom stereocenters. The van der Waals surface area contributed by atoms with Crippen LogP contribution in [0.4, 0.5) is 4.79 Å². The quantitative estimate of drug-likeness (QED) is 0.119. The first kappa shape index (κ1) is 47.4. The van der Waals surface area contributed by atoms with Crippen LogP contribution in [0.25, 0.3) is 0 Å². The molecule has 9 aromatic rings. The van der Waals surface area contributed by atoms with Crippen molar-refractivity contribution in [3.8, 4) is 0 Å². The molecule has 0 fully saturated rings. The lowest BCUT2D eigenvalue weighted by Gasteiger charge is -2.18. The third-order valence-electron chi connectivity index (χ3n) is 9.38. The van der Waals surface area contributed by atoms with Gasteiger partial charge >= 0.3 is 13.3 Å². The van der Waals surface area contributed by atoms with Crippen molar-refractivity contribution in [3.63, 3.8) is 0 Å². The van der Waals surface area contributed by atoms with Crippen LogP contribution in [0, 0.1) is 0 Å². The second-order valence-corrected chi connectivity index (χ2v) is 22.0. The fraction of sp³-hybridized carbons (Fsp3) is 0. The first-order chi connectivity index (χ1) is 31.3. The van der Waals surface area contributed by atoms with Crippen LogP contribution in [0.15, 0.2) is 273 Å². The molecule has 0 aromatic heterocycles. The fourth-order valence-electron chi connectivity index (χ4n) is 6.54. The van der Waals surface area contributed by atoms with Gasteiger partial charge in [-0.05, 0) is 71.5 Å². The lowest BCUT2D eigenvalue weighted by Crippen LogP contribution is -2.20. The molecule has 0 heterocycles. The van der Waals surface area contributed by atoms with Gasteiger partial charge in [0, 0.05) is 0 Å². The van der Waals surface area contributed by atoms with Gasteiger partial charge in [0.15, 0.2) is 0 Å². The van der Waals surface area contributed by atoms with Gasteiger partial charge in [-0.15, -0.1) is 0 Å². The third-order valence-corrected chi connectivity index (χ3v) is 17.2. The predicted octanol–water partition coefficient (Wildman–Crippen LogP) is 10.2. The Morgan fingerprint density at radius 3 is 0.438 bits per heavy atom. The molecule has 64 heavy (non-hydrogen) atoms. The molecule has 0 radical (unpaired) electrons. The van der Waals surface area contributed by atoms with Gasteiger partial charge in [0.1, 0.15) is 0 Å². The van der Waals surface area contributed by atoms with Crippen molar-refractivity contribution in [1.29, 1.82) is 0 Å². The third kappa shape index (κ3) is 14.5. The summed E-state index contributed by atoms with van der Waals surface area (Å²) in [4.78, 5) is 24.5. The molecule has 9 rings (SSSR count). The molecule has 0 amide bonds. The highest BCUT2D eigenvalue weighted by molar-refractivity contribution is 7.80. The first-order valence-corrected chi connectivity index (χ1v) is 26.1. The number of rotatable bonds is 10. The van der Waals surface area contributed by atoms with Crippen molar-refractivity contribution < 1.29 is 24.3 Å². The summed E-state index contributed by atoms with van der Waals surface area (Å²) < 4.78 is 9.43. The average Bonchev–Trinajstić information content (AvgIpc) is 3.35. The normalized spacial score (nSPS) is 10.6. The molecule has 0 atom stereocenters. The zero-order chi connectivity index (χ0) is 44.8. The molecule has 5 nitrogen and oxygen atoms in total. The SMILES string of the molecule is O=C(O)P(=O)(O)O.c1ccc(P(c2ccccc2)c2ccccc2)cc1.c1ccc(P(c2ccccc2)c2ccccc2)cc1.c1ccc(P(c2ccccc2)c2ccccc2)cc1. The van der Waals surface area contributed by atoms with Gasteiger partial charge in [-0.2, -0.15) is 0 Å². The van der Waals surface area contributed by atoms with E-state index in [-0.39, 0.29) is 0 Å². The Morgan fingerprint density at radius 2 is 0.359 bits per heavy atom. The Hall–Kier alpha value is -6.11. The average molecular weight is 913 g/mol. The monoisotopic (exact) mass is 912 g/mol. The van der Waals surface area contributed by atoms with E-state index in [0.717, 1.165) is 0 Å². The van der Waals surface area contributed by atoms with E-state index in [2.05, 4.69) is 273 Å². The Kier molecular flexibility index (Phi) is 18.7. The van der Waals surface area contributed by atoms with Gasteiger partial charge in [-0.3, -0.25) is 0 Å². The summed E-state index contributed by atoms with van der Waals surface area (Å²) in [6.45, 7) is 0. The molecule has 0 aliphatic heterocycles. The largest absolute Gasteiger partial charge is 0.472 e. The summed E-state index contributed by atoms with van der Waals surface area (Å²) in [5.74, 6) is 0. The van der Waals surface area contributed by atoms with Gasteiger partial charge in [0.2, 0.25) is 0 Å². The molecule has 318 valence electrons. The molecule has 0 saturated heterocycles. The highest BCUT2D eigenvalue weighted by atomic mass is 31.2. The van der Waals surface area contributed by atoms with Crippen LogP contribution in [-0.2, 0) is 4.57 Å². The zero-order valence-electron chi connectivity index (χ0n) is 34.9. The first-order valence-electron chi connectivity index (χ1n) is 20.4. The van der Waals surface area contributed by atoms with Crippen molar-refractivity contribution in [3.05, 3.63) is 273 Å². The highest BCUT2D eigenvalue weighted by Gasteiger charge is 2.23. The van der Waals surface area contributed by atoms with E-state index in [4.69, 9.17) is 14.9 Å². The molecule has 3 N–H and O–H groups in total. The van der Waals surface area contributed by atoms with Crippen molar-refractivity contribution in [2.45, 2.75) is 0 Å². The second-order valence-electron chi connectivity index (χ2n) is 13.9. The van der Waals surface area contributed by atoms with Crippen molar-refractivity contribution in [2.75, 3.05) is 0 Å². The number of hydrogen-bond donors (Lipinski definition) is 3. The van der Waals surface area contributed by atoms with E-state index >= 15 is 0 Å². The van der Waals surface area contributed by atoms with Crippen LogP contribution < -0.4 is 47.7 Å². The lowest BCUT2D eigenvalue weighted by molar-refractivity contribution is 0.208. The van der Waals surface area contributed by atoms with E-state index in [1.54, 1.807) is 0 Å². The van der Waals surface area contributed by atoms with Crippen molar-refractivity contribution in [2.24, 2.45) is 0 Å². The molecule has 0 saturated carbocycles. The molecule has 0 aliphatic carbocycles. The lowest BCUT2D eigenvalue weighted by atomic mass is 10.4. The van der Waals surface area contributed by atoms with Gasteiger partial charge in [-0.1, -0.05) is 273 Å². The summed E-state index contributed by atoms with van der Waals surface area (Å²) in [5.41, 5.74) is -2.09. The maximum Gasteiger partial charge on any atom is 0.433 e. The minimum Gasteiger partial charge on any atom is -0.472 e. The Bertz CT molecular complexity index is 2150. The minimum atomic E-state index is -4.82. The number of hydrogen-bond acceptors (Lipinski definition) is 2. The van der Waals surface area contributed by atoms with E-state index < -0.39 is 37.1 Å². The zero-order valence-corrected chi connectivity index (χ0v) is 38.5. The van der Waals surface area contributed by atoms with E-state index in [9.17, 15) is 9.36 Å². The number of benzene rings is 9. The van der Waals surface area contributed by atoms with Gasteiger partial charge in [0.05, 0.1) is 0 Å². The maximum absolute atomic E-state index is 9.43. The topological polar surface area (TPSA) is 94.8 Å². The number of carboxylic acid groups (broad SMARTS) is 1. The van der Waals surface area contributed by atoms with Crippen molar-refractivity contribution in [1.82, 2.24) is 0 Å². The predicted molar refractivity (Wildman–Crippen MR) is 276 cm³/mol. The summed E-state index contributed by atoms with van der Waals surface area (Å²) >= 11 is 0. The van der Waals surface area contributed by atoms with Gasteiger partial charge < -0.3 is 14.9 Å². The van der Waals surface area contributed by atoms with Crippen LogP contribution >= 0.6 is 31.4 Å². The summed E-state index contributed by atoms with van der Waals surface area (Å²) in [7, 11) is -6.16. The Morgan fingerprint density at radius 1 is 0.266 bits per heavy atom. The number of carbonyl (C=O) groups is 1. The van der Waals surface area contributed by atoms with Gasteiger partial charge in [0.25, 0.3) is 0 Å². The van der Waals surface area contributed by atoms with Crippen LogP contribution in [0.1, 0.15) is 0 Å². The van der Waals surface area contributed by atoms with Crippen LogP contribution in [0.5, 0.6) is 0 Å². The van der Waals surface area contributed by atoms with Crippen LogP contribution in [0.2, 0.25) is 0 Å². The smallest absolute Gasteiger partial charge is 0.433 e. The molecule has 9 aromatic carbocycles. The second kappa shape index (κ2) is 25.3. The molecular weight excluding hydrogens is 864 g/mol. The molecule has 0 spiro atoms. The highest BCUT2D eigenvalue weighted by Crippen LogP contribution is 2.35. The summed E-state index contributed by atoms with van der Waals surface area (Å²) in [6.07, 6.45) is 0. The van der Waals surface area contributed by atoms with E-state index in [1.807, 2.05) is 0 Å². The van der Waals surface area contributed by atoms with Gasteiger partial charge in [-0.25, -0.2) is 9.36 Å². The van der Waals surface area contributed by atoms with Crippen LogP contribution in [0.3, 0.4) is 0 Å². The Balaban J connectivity index is 0.000000148. The summed E-state index contributed by atoms with van der Waals surface area (Å²) in [6, 6.07) is 97.0. The minimum absolute atomic E-state index is 0.446. The van der Waals surface area contributed by atoms with E-state index in [1.165, 1.54) is 47.7 Å². The molecule has 0 aliphatic rings. The van der Waals surface area contributed by atoms with Crippen LogP contribution in [-0.4, -0.2) is 20.6 Å². The fourth-order valence-corrected chi connectivity index (χ4v) is 13.5. The summed E-state index contributed by atoms with van der Waals surface area (Å²) in [5, 5.41) is 20.1.